The molecule has 0 radical (unpaired) electrons. The minimum Gasteiger partial charge on any atom is -0.352 e. The zero-order valence-corrected chi connectivity index (χ0v) is 16.0. The molecule has 0 aromatic carbocycles. The summed E-state index contributed by atoms with van der Waals surface area (Å²) >= 11 is 1.37. The first-order chi connectivity index (χ1) is 12.0. The number of aromatic nitrogens is 2. The molecule has 25 heavy (non-hydrogen) atoms. The standard InChI is InChI=1S/C18H28N4O2S/c1-4-10-19-16(23)13-25-17-14-8-5-6-9-15(14)22(18(24)20-17)12-7-11-21(2)3/h4H,1,5-13H2,2-3H3,(H,19,23). The van der Waals surface area contributed by atoms with Crippen LogP contribution in [0.15, 0.2) is 22.5 Å². The number of nitrogens with zero attached hydrogens (tertiary/aromatic N) is 3. The zero-order chi connectivity index (χ0) is 18.2. The summed E-state index contributed by atoms with van der Waals surface area (Å²) in [7, 11) is 4.07. The molecule has 1 amide bonds. The summed E-state index contributed by atoms with van der Waals surface area (Å²) in [5, 5.41) is 3.49. The predicted octanol–water partition coefficient (Wildman–Crippen LogP) is 1.47. The predicted molar refractivity (Wildman–Crippen MR) is 102 cm³/mol. The van der Waals surface area contributed by atoms with Gasteiger partial charge in [-0.25, -0.2) is 4.79 Å². The van der Waals surface area contributed by atoms with Gasteiger partial charge in [0.1, 0.15) is 5.03 Å². The molecule has 1 heterocycles. The first kappa shape index (κ1) is 19.7. The molecule has 1 aliphatic rings. The average Bonchev–Trinajstić information content (AvgIpc) is 2.59. The van der Waals surface area contributed by atoms with E-state index >= 15 is 0 Å². The Kier molecular flexibility index (Phi) is 7.71. The van der Waals surface area contributed by atoms with Gasteiger partial charge < -0.3 is 10.2 Å². The summed E-state index contributed by atoms with van der Waals surface area (Å²) < 4.78 is 1.85. The molecule has 1 aliphatic carbocycles. The lowest BCUT2D eigenvalue weighted by atomic mass is 9.97. The molecule has 0 atom stereocenters. The monoisotopic (exact) mass is 364 g/mol. The van der Waals surface area contributed by atoms with Crippen LogP contribution in [-0.4, -0.2) is 53.3 Å². The average molecular weight is 365 g/mol. The van der Waals surface area contributed by atoms with Gasteiger partial charge in [-0.1, -0.05) is 17.8 Å². The van der Waals surface area contributed by atoms with Gasteiger partial charge in [0.15, 0.2) is 0 Å². The van der Waals surface area contributed by atoms with E-state index < -0.39 is 0 Å². The molecule has 1 aromatic rings. The van der Waals surface area contributed by atoms with Crippen LogP contribution in [0.5, 0.6) is 0 Å². The maximum atomic E-state index is 12.5. The second-order valence-corrected chi connectivity index (χ2v) is 7.49. The van der Waals surface area contributed by atoms with E-state index in [2.05, 4.69) is 21.8 Å². The van der Waals surface area contributed by atoms with Gasteiger partial charge in [-0.3, -0.25) is 9.36 Å². The highest BCUT2D eigenvalue weighted by Gasteiger charge is 2.20. The maximum absolute atomic E-state index is 12.5. The number of hydrogen-bond donors (Lipinski definition) is 1. The fourth-order valence-corrected chi connectivity index (χ4v) is 3.92. The molecule has 2 rings (SSSR count). The van der Waals surface area contributed by atoms with E-state index in [0.29, 0.717) is 13.1 Å². The van der Waals surface area contributed by atoms with Crippen molar-refractivity contribution in [2.45, 2.75) is 43.7 Å². The van der Waals surface area contributed by atoms with Crippen molar-refractivity contribution in [1.29, 1.82) is 0 Å². The topological polar surface area (TPSA) is 67.2 Å². The van der Waals surface area contributed by atoms with Crippen molar-refractivity contribution in [3.05, 3.63) is 34.4 Å². The Labute approximate surface area is 153 Å². The van der Waals surface area contributed by atoms with Crippen LogP contribution in [0.4, 0.5) is 0 Å². The number of hydrogen-bond acceptors (Lipinski definition) is 5. The second-order valence-electron chi connectivity index (χ2n) is 6.52. The SMILES string of the molecule is C=CCNC(=O)CSc1nc(=O)n(CCCN(C)C)c2c1CCCC2. The summed E-state index contributed by atoms with van der Waals surface area (Å²) in [5.74, 6) is 0.212. The van der Waals surface area contributed by atoms with Crippen molar-refractivity contribution >= 4 is 17.7 Å². The van der Waals surface area contributed by atoms with Gasteiger partial charge in [0, 0.05) is 24.3 Å². The molecular formula is C18H28N4O2S. The lowest BCUT2D eigenvalue weighted by Gasteiger charge is -2.23. The summed E-state index contributed by atoms with van der Waals surface area (Å²) in [5.41, 5.74) is 2.10. The Bertz CT molecular complexity index is 670. The Morgan fingerprint density at radius 1 is 1.40 bits per heavy atom. The summed E-state index contributed by atoms with van der Waals surface area (Å²) in [6, 6.07) is 0. The largest absolute Gasteiger partial charge is 0.352 e. The molecular weight excluding hydrogens is 336 g/mol. The van der Waals surface area contributed by atoms with Gasteiger partial charge in [-0.15, -0.1) is 6.58 Å². The molecule has 0 unspecified atom stereocenters. The maximum Gasteiger partial charge on any atom is 0.348 e. The first-order valence-corrected chi connectivity index (χ1v) is 9.79. The van der Waals surface area contributed by atoms with Gasteiger partial charge in [-0.05, 0) is 52.7 Å². The van der Waals surface area contributed by atoms with Gasteiger partial charge >= 0.3 is 5.69 Å². The molecule has 0 fully saturated rings. The Morgan fingerprint density at radius 3 is 2.88 bits per heavy atom. The van der Waals surface area contributed by atoms with Crippen LogP contribution < -0.4 is 11.0 Å². The number of fused-ring (bicyclic) bond motifs is 1. The van der Waals surface area contributed by atoms with Crippen LogP contribution in [0.3, 0.4) is 0 Å². The van der Waals surface area contributed by atoms with E-state index in [1.54, 1.807) is 6.08 Å². The van der Waals surface area contributed by atoms with E-state index in [0.717, 1.165) is 54.9 Å². The lowest BCUT2D eigenvalue weighted by molar-refractivity contribution is -0.118. The quantitative estimate of drug-likeness (QED) is 0.408. The molecule has 0 saturated carbocycles. The van der Waals surface area contributed by atoms with Gasteiger partial charge in [-0.2, -0.15) is 4.98 Å². The van der Waals surface area contributed by atoms with Crippen molar-refractivity contribution in [2.75, 3.05) is 32.9 Å². The minimum absolute atomic E-state index is 0.0635. The van der Waals surface area contributed by atoms with Crippen LogP contribution >= 0.6 is 11.8 Å². The van der Waals surface area contributed by atoms with E-state index in [1.807, 2.05) is 18.7 Å². The summed E-state index contributed by atoms with van der Waals surface area (Å²) in [6.07, 6.45) is 6.65. The highest BCUT2D eigenvalue weighted by molar-refractivity contribution is 7.99. The van der Waals surface area contributed by atoms with Gasteiger partial charge in [0.25, 0.3) is 0 Å². The minimum atomic E-state index is -0.187. The van der Waals surface area contributed by atoms with Crippen molar-refractivity contribution in [2.24, 2.45) is 0 Å². The van der Waals surface area contributed by atoms with Gasteiger partial charge in [0.05, 0.1) is 5.75 Å². The lowest BCUT2D eigenvalue weighted by Crippen LogP contribution is -2.31. The van der Waals surface area contributed by atoms with Crippen LogP contribution in [0.1, 0.15) is 30.5 Å². The zero-order valence-electron chi connectivity index (χ0n) is 15.2. The molecule has 7 heteroatoms. The van der Waals surface area contributed by atoms with E-state index in [4.69, 9.17) is 0 Å². The number of amides is 1. The van der Waals surface area contributed by atoms with Crippen molar-refractivity contribution < 1.29 is 4.79 Å². The first-order valence-electron chi connectivity index (χ1n) is 8.80. The van der Waals surface area contributed by atoms with Crippen molar-refractivity contribution in [1.82, 2.24) is 19.8 Å². The summed E-state index contributed by atoms with van der Waals surface area (Å²) in [6.45, 7) is 5.69. The normalized spacial score (nSPS) is 13.6. The third-order valence-corrected chi connectivity index (χ3v) is 5.24. The summed E-state index contributed by atoms with van der Waals surface area (Å²) in [4.78, 5) is 30.7. The number of carbonyl (C=O) groups is 1. The Morgan fingerprint density at radius 2 is 2.16 bits per heavy atom. The number of thioether (sulfide) groups is 1. The fraction of sp³-hybridized carbons (Fsp3) is 0.611. The molecule has 0 saturated heterocycles. The number of rotatable bonds is 9. The van der Waals surface area contributed by atoms with Gasteiger partial charge in [0.2, 0.25) is 5.91 Å². The van der Waals surface area contributed by atoms with Crippen LogP contribution in [0.2, 0.25) is 0 Å². The molecule has 0 aliphatic heterocycles. The number of carbonyl (C=O) groups excluding carboxylic acids is 1. The Balaban J connectivity index is 2.16. The third-order valence-electron chi connectivity index (χ3n) is 4.22. The number of nitrogens with one attached hydrogen (secondary N) is 1. The molecule has 1 aromatic heterocycles. The molecule has 138 valence electrons. The fourth-order valence-electron chi connectivity index (χ4n) is 3.01. The smallest absolute Gasteiger partial charge is 0.348 e. The van der Waals surface area contributed by atoms with Crippen molar-refractivity contribution in [3.63, 3.8) is 0 Å². The van der Waals surface area contributed by atoms with Crippen molar-refractivity contribution in [3.8, 4) is 0 Å². The van der Waals surface area contributed by atoms with Crippen LogP contribution in [-0.2, 0) is 24.2 Å². The molecule has 0 spiro atoms. The highest BCUT2D eigenvalue weighted by atomic mass is 32.2. The van der Waals surface area contributed by atoms with E-state index in [9.17, 15) is 9.59 Å². The van der Waals surface area contributed by atoms with E-state index in [-0.39, 0.29) is 17.3 Å². The van der Waals surface area contributed by atoms with E-state index in [1.165, 1.54) is 11.8 Å². The van der Waals surface area contributed by atoms with Crippen LogP contribution in [0.25, 0.3) is 0 Å². The highest BCUT2D eigenvalue weighted by Crippen LogP contribution is 2.28. The second kappa shape index (κ2) is 9.77. The Hall–Kier alpha value is -1.60. The third kappa shape index (κ3) is 5.71. The van der Waals surface area contributed by atoms with Crippen LogP contribution in [0, 0.1) is 0 Å². The molecule has 1 N–H and O–H groups in total. The molecule has 0 bridgehead atoms. The molecule has 6 nitrogen and oxygen atoms in total.